The second-order valence-corrected chi connectivity index (χ2v) is 10.2. The molecule has 3 rings (SSSR count). The zero-order valence-electron chi connectivity index (χ0n) is 10.8. The highest BCUT2D eigenvalue weighted by Crippen LogP contribution is 2.39. The lowest BCUT2D eigenvalue weighted by molar-refractivity contribution is 0.603. The summed E-state index contributed by atoms with van der Waals surface area (Å²) in [6, 6.07) is 5.41. The average molecular weight is 403 g/mol. The molecule has 8 heteroatoms. The highest BCUT2D eigenvalue weighted by molar-refractivity contribution is 9.11. The highest BCUT2D eigenvalue weighted by Gasteiger charge is 2.25. The number of rotatable bonds is 3. The van der Waals surface area contributed by atoms with Gasteiger partial charge in [0.05, 0.1) is 9.35 Å². The molecule has 0 aliphatic heterocycles. The number of nitrogens with one attached hydrogen (secondary N) is 1. The summed E-state index contributed by atoms with van der Waals surface area (Å²) in [6.45, 7) is 0. The van der Waals surface area contributed by atoms with Gasteiger partial charge in [-0.3, -0.25) is 4.72 Å². The molecule has 1 aliphatic rings. The van der Waals surface area contributed by atoms with E-state index >= 15 is 0 Å². The van der Waals surface area contributed by atoms with Crippen molar-refractivity contribution >= 4 is 53.6 Å². The number of halogens is 1. The van der Waals surface area contributed by atoms with E-state index in [1.54, 1.807) is 12.1 Å². The van der Waals surface area contributed by atoms with Gasteiger partial charge in [0.15, 0.2) is 0 Å². The van der Waals surface area contributed by atoms with Crippen molar-refractivity contribution in [3.8, 4) is 6.07 Å². The minimum absolute atomic E-state index is 0.240. The maximum atomic E-state index is 12.4. The third-order valence-electron chi connectivity index (χ3n) is 3.32. The first-order valence-electron chi connectivity index (χ1n) is 6.34. The van der Waals surface area contributed by atoms with E-state index in [2.05, 4.69) is 26.7 Å². The van der Waals surface area contributed by atoms with Crippen molar-refractivity contribution in [2.45, 2.75) is 29.9 Å². The van der Waals surface area contributed by atoms with Crippen LogP contribution in [0.5, 0.6) is 0 Å². The Labute approximate surface area is 139 Å². The van der Waals surface area contributed by atoms with Gasteiger partial charge in [0.1, 0.15) is 15.3 Å². The number of sulfonamides is 1. The van der Waals surface area contributed by atoms with E-state index < -0.39 is 10.0 Å². The molecule has 0 amide bonds. The zero-order valence-corrected chi connectivity index (χ0v) is 14.9. The van der Waals surface area contributed by atoms with Crippen molar-refractivity contribution in [1.82, 2.24) is 0 Å². The van der Waals surface area contributed by atoms with Gasteiger partial charge in [0.25, 0.3) is 10.0 Å². The van der Waals surface area contributed by atoms with Crippen LogP contribution in [0.15, 0.2) is 20.1 Å². The van der Waals surface area contributed by atoms with Crippen LogP contribution in [0.1, 0.15) is 28.8 Å². The van der Waals surface area contributed by atoms with E-state index in [0.717, 1.165) is 51.2 Å². The Morgan fingerprint density at radius 3 is 2.67 bits per heavy atom. The molecule has 2 heterocycles. The topological polar surface area (TPSA) is 70.0 Å². The maximum Gasteiger partial charge on any atom is 0.272 e. The van der Waals surface area contributed by atoms with Gasteiger partial charge in [0.2, 0.25) is 0 Å². The zero-order chi connectivity index (χ0) is 15.0. The van der Waals surface area contributed by atoms with Crippen molar-refractivity contribution < 1.29 is 8.42 Å². The molecule has 1 aliphatic carbocycles. The highest BCUT2D eigenvalue weighted by atomic mass is 79.9. The third-order valence-corrected chi connectivity index (χ3v) is 8.13. The van der Waals surface area contributed by atoms with Crippen LogP contribution in [-0.2, 0) is 22.9 Å². The Kier molecular flexibility index (Phi) is 4.10. The molecule has 21 heavy (non-hydrogen) atoms. The Morgan fingerprint density at radius 1 is 1.24 bits per heavy atom. The van der Waals surface area contributed by atoms with Gasteiger partial charge >= 0.3 is 0 Å². The van der Waals surface area contributed by atoms with Crippen LogP contribution in [0, 0.1) is 11.3 Å². The fourth-order valence-corrected chi connectivity index (χ4v) is 6.93. The molecule has 0 fully saturated rings. The molecule has 0 aromatic carbocycles. The number of nitrogens with zero attached hydrogens (tertiary/aromatic N) is 1. The molecular weight excluding hydrogens is 392 g/mol. The lowest BCUT2D eigenvalue weighted by Gasteiger charge is -2.09. The van der Waals surface area contributed by atoms with Crippen LogP contribution < -0.4 is 4.72 Å². The molecule has 0 unspecified atom stereocenters. The Morgan fingerprint density at radius 2 is 2.00 bits per heavy atom. The molecule has 4 nitrogen and oxygen atoms in total. The van der Waals surface area contributed by atoms with Crippen LogP contribution in [0.3, 0.4) is 0 Å². The minimum Gasteiger partial charge on any atom is -0.269 e. The summed E-state index contributed by atoms with van der Waals surface area (Å²) < 4.78 is 28.3. The normalized spacial score (nSPS) is 14.5. The minimum atomic E-state index is -3.63. The van der Waals surface area contributed by atoms with Crippen molar-refractivity contribution in [2.75, 3.05) is 4.72 Å². The van der Waals surface area contributed by atoms with E-state index in [0.29, 0.717) is 10.6 Å². The first-order chi connectivity index (χ1) is 10.0. The summed E-state index contributed by atoms with van der Waals surface area (Å²) in [6.07, 6.45) is 3.95. The van der Waals surface area contributed by atoms with E-state index in [9.17, 15) is 13.7 Å². The van der Waals surface area contributed by atoms with Gasteiger partial charge in [0, 0.05) is 4.88 Å². The lowest BCUT2D eigenvalue weighted by atomic mass is 9.96. The average Bonchev–Trinajstić information content (AvgIpc) is 3.01. The molecule has 2 aromatic rings. The van der Waals surface area contributed by atoms with E-state index in [1.165, 1.54) is 11.3 Å². The number of thiophene rings is 2. The molecule has 2 aromatic heterocycles. The predicted octanol–water partition coefficient (Wildman–Crippen LogP) is 4.12. The molecule has 0 saturated carbocycles. The molecule has 0 bridgehead atoms. The smallest absolute Gasteiger partial charge is 0.269 e. The summed E-state index contributed by atoms with van der Waals surface area (Å²) in [5.74, 6) is 0. The van der Waals surface area contributed by atoms with Crippen LogP contribution in [0.4, 0.5) is 5.00 Å². The van der Waals surface area contributed by atoms with Crippen molar-refractivity contribution in [2.24, 2.45) is 0 Å². The number of hydrogen-bond acceptors (Lipinski definition) is 5. The van der Waals surface area contributed by atoms with Crippen molar-refractivity contribution in [1.29, 1.82) is 5.26 Å². The molecule has 0 radical (unpaired) electrons. The van der Waals surface area contributed by atoms with Gasteiger partial charge in [-0.2, -0.15) is 5.26 Å². The fourth-order valence-electron chi connectivity index (χ4n) is 2.37. The quantitative estimate of drug-likeness (QED) is 0.838. The van der Waals surface area contributed by atoms with Gasteiger partial charge in [-0.1, -0.05) is 0 Å². The largest absolute Gasteiger partial charge is 0.272 e. The third kappa shape index (κ3) is 2.88. The first kappa shape index (κ1) is 15.0. The number of fused-ring (bicyclic) bond motifs is 1. The molecular formula is C13H11BrN2O2S3. The molecule has 1 N–H and O–H groups in total. The van der Waals surface area contributed by atoms with Crippen molar-refractivity contribution in [3.63, 3.8) is 0 Å². The van der Waals surface area contributed by atoms with Crippen LogP contribution in [-0.4, -0.2) is 8.42 Å². The molecule has 0 saturated heterocycles. The van der Waals surface area contributed by atoms with E-state index in [1.807, 2.05) is 0 Å². The summed E-state index contributed by atoms with van der Waals surface area (Å²) in [7, 11) is -3.63. The van der Waals surface area contributed by atoms with E-state index in [-0.39, 0.29) is 4.21 Å². The summed E-state index contributed by atoms with van der Waals surface area (Å²) >= 11 is 5.81. The standard InChI is InChI=1S/C13H11BrN2O2S3/c14-11-5-6-12(20-11)21(17,18)16-13-9(7-15)8-3-1-2-4-10(8)19-13/h5-6,16H,1-4H2. The molecule has 0 spiro atoms. The van der Waals surface area contributed by atoms with Crippen LogP contribution >= 0.6 is 38.6 Å². The van der Waals surface area contributed by atoms with E-state index in [4.69, 9.17) is 0 Å². The molecule has 0 atom stereocenters. The van der Waals surface area contributed by atoms with Crippen molar-refractivity contribution in [3.05, 3.63) is 31.9 Å². The monoisotopic (exact) mass is 402 g/mol. The Bertz CT molecular complexity index is 830. The lowest BCUT2D eigenvalue weighted by Crippen LogP contribution is -2.11. The Hall–Kier alpha value is -0.880. The number of nitriles is 1. The fraction of sp³-hybridized carbons (Fsp3) is 0.308. The summed E-state index contributed by atoms with van der Waals surface area (Å²) in [5, 5.41) is 9.80. The van der Waals surface area contributed by atoms with Gasteiger partial charge in [-0.25, -0.2) is 8.42 Å². The maximum absolute atomic E-state index is 12.4. The number of anilines is 1. The number of aryl methyl sites for hydroxylation is 1. The Balaban J connectivity index is 1.99. The van der Waals surface area contributed by atoms with Gasteiger partial charge in [-0.15, -0.1) is 22.7 Å². The molecule has 110 valence electrons. The van der Waals surface area contributed by atoms with Gasteiger partial charge < -0.3 is 0 Å². The number of hydrogen-bond donors (Lipinski definition) is 1. The second kappa shape index (κ2) is 5.72. The summed E-state index contributed by atoms with van der Waals surface area (Å²) in [4.78, 5) is 1.14. The first-order valence-corrected chi connectivity index (χ1v) is 10.2. The SMILES string of the molecule is N#Cc1c(NS(=O)(=O)c2ccc(Br)s2)sc2c1CCCC2. The predicted molar refractivity (Wildman–Crippen MR) is 88.5 cm³/mol. The van der Waals surface area contributed by atoms with Crippen LogP contribution in [0.2, 0.25) is 0 Å². The van der Waals surface area contributed by atoms with Gasteiger partial charge in [-0.05, 0) is 59.3 Å². The second-order valence-electron chi connectivity index (χ2n) is 4.69. The van der Waals surface area contributed by atoms with Crippen LogP contribution in [0.25, 0.3) is 0 Å². The summed E-state index contributed by atoms with van der Waals surface area (Å²) in [5.41, 5.74) is 1.52.